The van der Waals surface area contributed by atoms with Crippen molar-refractivity contribution < 1.29 is 4.74 Å². The average molecular weight is 356 g/mol. The molecular formula is C22H33N3O. The van der Waals surface area contributed by atoms with Crippen molar-refractivity contribution in [2.45, 2.75) is 51.7 Å². The van der Waals surface area contributed by atoms with E-state index in [1.807, 2.05) is 0 Å². The second kappa shape index (κ2) is 6.99. The van der Waals surface area contributed by atoms with E-state index in [9.17, 15) is 0 Å². The molecule has 1 aromatic carbocycles. The highest BCUT2D eigenvalue weighted by Gasteiger charge is 2.44. The van der Waals surface area contributed by atoms with E-state index in [4.69, 9.17) is 4.74 Å². The Hall–Kier alpha value is -1.36. The van der Waals surface area contributed by atoms with E-state index >= 15 is 0 Å². The van der Waals surface area contributed by atoms with Gasteiger partial charge in [0.15, 0.2) is 0 Å². The van der Waals surface area contributed by atoms with Crippen molar-refractivity contribution in [1.29, 1.82) is 0 Å². The molecule has 4 heteroatoms. The summed E-state index contributed by atoms with van der Waals surface area (Å²) in [4.78, 5) is 8.78. The highest BCUT2D eigenvalue weighted by molar-refractivity contribution is 5.86. The first kappa shape index (κ1) is 18.0. The summed E-state index contributed by atoms with van der Waals surface area (Å²) >= 11 is 0. The van der Waals surface area contributed by atoms with Crippen molar-refractivity contribution >= 4 is 10.9 Å². The largest absolute Gasteiger partial charge is 0.364 e. The van der Waals surface area contributed by atoms with Crippen molar-refractivity contribution in [3.63, 3.8) is 0 Å². The van der Waals surface area contributed by atoms with E-state index in [0.29, 0.717) is 12.0 Å². The van der Waals surface area contributed by atoms with Crippen LogP contribution in [0.3, 0.4) is 0 Å². The van der Waals surface area contributed by atoms with Gasteiger partial charge in [0.25, 0.3) is 0 Å². The molecule has 142 valence electrons. The number of fused-ring (bicyclic) bond motifs is 5. The summed E-state index contributed by atoms with van der Waals surface area (Å²) in [6, 6.07) is 8.74. The molecule has 1 saturated heterocycles. The van der Waals surface area contributed by atoms with Crippen LogP contribution in [-0.4, -0.2) is 60.2 Å². The van der Waals surface area contributed by atoms with Gasteiger partial charge in [-0.25, -0.2) is 0 Å². The number of benzene rings is 1. The van der Waals surface area contributed by atoms with Crippen molar-refractivity contribution in [3.8, 4) is 0 Å². The standard InChI is InChI=1S/C22H33N3O/c1-5-24(6-2)13-14-25-12-11-17-19(15-25)26-22(3,4)21-20(17)16-9-7-8-10-18(16)23-21/h7-10,17,19,23H,5-6,11-15H2,1-4H3/t17-,19-/m0/s1. The molecular weight excluding hydrogens is 322 g/mol. The molecule has 26 heavy (non-hydrogen) atoms. The molecule has 4 rings (SSSR count). The van der Waals surface area contributed by atoms with Crippen LogP contribution in [0.25, 0.3) is 10.9 Å². The third kappa shape index (κ3) is 3.08. The lowest BCUT2D eigenvalue weighted by Gasteiger charge is -2.46. The van der Waals surface area contributed by atoms with E-state index in [1.165, 1.54) is 35.1 Å². The van der Waals surface area contributed by atoms with Gasteiger partial charge >= 0.3 is 0 Å². The fourth-order valence-electron chi connectivity index (χ4n) is 4.92. The third-order valence-electron chi connectivity index (χ3n) is 6.44. The second-order valence-corrected chi connectivity index (χ2v) is 8.35. The lowest BCUT2D eigenvalue weighted by atomic mass is 9.79. The number of rotatable bonds is 5. The minimum atomic E-state index is -0.253. The number of piperidine rings is 1. The molecule has 0 unspecified atom stereocenters. The Balaban J connectivity index is 1.57. The number of nitrogens with one attached hydrogen (secondary N) is 1. The van der Waals surface area contributed by atoms with E-state index < -0.39 is 0 Å². The van der Waals surface area contributed by atoms with Gasteiger partial charge < -0.3 is 14.6 Å². The molecule has 0 bridgehead atoms. The maximum absolute atomic E-state index is 6.64. The normalized spacial score (nSPS) is 25.4. The van der Waals surface area contributed by atoms with E-state index in [-0.39, 0.29) is 5.60 Å². The number of hydrogen-bond donors (Lipinski definition) is 1. The van der Waals surface area contributed by atoms with Gasteiger partial charge in [0, 0.05) is 36.5 Å². The Bertz CT molecular complexity index is 762. The number of para-hydroxylation sites is 1. The lowest BCUT2D eigenvalue weighted by molar-refractivity contribution is -0.125. The fraction of sp³-hybridized carbons (Fsp3) is 0.636. The number of likely N-dealkylation sites (N-methyl/N-ethyl adjacent to an activating group) is 1. The minimum absolute atomic E-state index is 0.253. The molecule has 1 fully saturated rings. The van der Waals surface area contributed by atoms with Crippen molar-refractivity contribution in [2.24, 2.45) is 0 Å². The Morgan fingerprint density at radius 3 is 2.77 bits per heavy atom. The predicted molar refractivity (Wildman–Crippen MR) is 108 cm³/mol. The zero-order chi connectivity index (χ0) is 18.3. The Kier molecular flexibility index (Phi) is 4.84. The van der Waals surface area contributed by atoms with Gasteiger partial charge in [-0.15, -0.1) is 0 Å². The van der Waals surface area contributed by atoms with Gasteiger partial charge in [0.1, 0.15) is 5.60 Å². The van der Waals surface area contributed by atoms with Crippen LogP contribution in [0, 0.1) is 0 Å². The average Bonchev–Trinajstić information content (AvgIpc) is 3.03. The van der Waals surface area contributed by atoms with Crippen LogP contribution in [0.4, 0.5) is 0 Å². The van der Waals surface area contributed by atoms with E-state index in [0.717, 1.165) is 32.7 Å². The van der Waals surface area contributed by atoms with Crippen LogP contribution in [0.5, 0.6) is 0 Å². The van der Waals surface area contributed by atoms with Gasteiger partial charge in [-0.1, -0.05) is 32.0 Å². The van der Waals surface area contributed by atoms with Crippen LogP contribution in [0.15, 0.2) is 24.3 Å². The highest BCUT2D eigenvalue weighted by atomic mass is 16.5. The number of nitrogens with zero attached hydrogens (tertiary/aromatic N) is 2. The van der Waals surface area contributed by atoms with E-state index in [1.54, 1.807) is 0 Å². The smallest absolute Gasteiger partial charge is 0.103 e. The minimum Gasteiger partial charge on any atom is -0.364 e. The number of aromatic nitrogens is 1. The molecule has 0 radical (unpaired) electrons. The van der Waals surface area contributed by atoms with Crippen molar-refractivity contribution in [3.05, 3.63) is 35.5 Å². The molecule has 0 aliphatic carbocycles. The first-order chi connectivity index (χ1) is 12.5. The predicted octanol–water partition coefficient (Wildman–Crippen LogP) is 3.93. The Morgan fingerprint density at radius 2 is 2.00 bits per heavy atom. The first-order valence-corrected chi connectivity index (χ1v) is 10.3. The molecule has 2 atom stereocenters. The van der Waals surface area contributed by atoms with Gasteiger partial charge in [-0.3, -0.25) is 4.90 Å². The second-order valence-electron chi connectivity index (χ2n) is 8.35. The summed E-state index contributed by atoms with van der Waals surface area (Å²) in [5.41, 5.74) is 3.80. The Labute approximate surface area is 157 Å². The maximum atomic E-state index is 6.64. The summed E-state index contributed by atoms with van der Waals surface area (Å²) in [7, 11) is 0. The summed E-state index contributed by atoms with van der Waals surface area (Å²) in [6.45, 7) is 15.7. The monoisotopic (exact) mass is 355 g/mol. The summed E-state index contributed by atoms with van der Waals surface area (Å²) in [5, 5.41) is 1.39. The molecule has 1 aromatic heterocycles. The lowest BCUT2D eigenvalue weighted by Crippen LogP contribution is -2.51. The molecule has 4 nitrogen and oxygen atoms in total. The van der Waals surface area contributed by atoms with Crippen LogP contribution >= 0.6 is 0 Å². The molecule has 3 heterocycles. The number of hydrogen-bond acceptors (Lipinski definition) is 3. The SMILES string of the molecule is CCN(CC)CCN1CC[C@@H]2c3c([nH]c4ccccc34)C(C)(C)O[C@H]2C1. The van der Waals surface area contributed by atoms with Gasteiger partial charge in [-0.05, 0) is 51.5 Å². The highest BCUT2D eigenvalue weighted by Crippen LogP contribution is 2.47. The molecule has 2 aliphatic rings. The zero-order valence-corrected chi connectivity index (χ0v) is 16.7. The molecule has 2 aromatic rings. The maximum Gasteiger partial charge on any atom is 0.103 e. The van der Waals surface area contributed by atoms with Crippen LogP contribution < -0.4 is 0 Å². The number of aromatic amines is 1. The molecule has 2 aliphatic heterocycles. The quantitative estimate of drug-likeness (QED) is 0.882. The zero-order valence-electron chi connectivity index (χ0n) is 16.7. The van der Waals surface area contributed by atoms with Gasteiger partial charge in [0.05, 0.1) is 11.8 Å². The summed E-state index contributed by atoms with van der Waals surface area (Å²) < 4.78 is 6.64. The van der Waals surface area contributed by atoms with Crippen molar-refractivity contribution in [1.82, 2.24) is 14.8 Å². The van der Waals surface area contributed by atoms with Gasteiger partial charge in [-0.2, -0.15) is 0 Å². The Morgan fingerprint density at radius 1 is 1.23 bits per heavy atom. The molecule has 0 amide bonds. The topological polar surface area (TPSA) is 31.5 Å². The van der Waals surface area contributed by atoms with Crippen LogP contribution in [-0.2, 0) is 10.3 Å². The molecule has 0 saturated carbocycles. The van der Waals surface area contributed by atoms with Crippen molar-refractivity contribution in [2.75, 3.05) is 39.3 Å². The first-order valence-electron chi connectivity index (χ1n) is 10.3. The van der Waals surface area contributed by atoms with Crippen LogP contribution in [0.2, 0.25) is 0 Å². The van der Waals surface area contributed by atoms with E-state index in [2.05, 4.69) is 66.7 Å². The molecule has 1 N–H and O–H groups in total. The van der Waals surface area contributed by atoms with Crippen LogP contribution in [0.1, 0.15) is 51.3 Å². The fourth-order valence-corrected chi connectivity index (χ4v) is 4.92. The summed E-state index contributed by atoms with van der Waals surface area (Å²) in [5.74, 6) is 0.513. The van der Waals surface area contributed by atoms with Gasteiger partial charge in [0.2, 0.25) is 0 Å². The third-order valence-corrected chi connectivity index (χ3v) is 6.44. The molecule has 0 spiro atoms. The number of likely N-dealkylation sites (tertiary alicyclic amines) is 1. The summed E-state index contributed by atoms with van der Waals surface area (Å²) in [6.07, 6.45) is 1.48. The number of H-pyrrole nitrogens is 1. The number of ether oxygens (including phenoxy) is 1.